The highest BCUT2D eigenvalue weighted by molar-refractivity contribution is 5.87. The first kappa shape index (κ1) is 24.0. The van der Waals surface area contributed by atoms with Gasteiger partial charge in [-0.05, 0) is 63.4 Å². The number of hydrogen-bond donors (Lipinski definition) is 1. The van der Waals surface area contributed by atoms with Crippen molar-refractivity contribution in [1.82, 2.24) is 19.8 Å². The van der Waals surface area contributed by atoms with Crippen LogP contribution < -0.4 is 15.2 Å². The third-order valence-corrected chi connectivity index (χ3v) is 6.50. The van der Waals surface area contributed by atoms with Crippen LogP contribution in [0.5, 0.6) is 5.88 Å². The van der Waals surface area contributed by atoms with Crippen LogP contribution in [0.3, 0.4) is 0 Å². The van der Waals surface area contributed by atoms with Crippen molar-refractivity contribution in [3.63, 3.8) is 0 Å². The SMILES string of the molecule is COc1cc(-c2c[nH]c(=O)c(N(CC3CC3)[C@@H]3CCCN(C(=O)C=CCN(C)C)C3)c2)ccn1. The monoisotopic (exact) mass is 465 g/mol. The van der Waals surface area contributed by atoms with E-state index in [1.807, 2.05) is 48.2 Å². The van der Waals surface area contributed by atoms with Crippen molar-refractivity contribution in [2.24, 2.45) is 5.92 Å². The van der Waals surface area contributed by atoms with E-state index >= 15 is 0 Å². The van der Waals surface area contributed by atoms with Crippen molar-refractivity contribution in [3.8, 4) is 17.0 Å². The zero-order valence-corrected chi connectivity index (χ0v) is 20.4. The van der Waals surface area contributed by atoms with Crippen LogP contribution in [0.1, 0.15) is 25.7 Å². The summed E-state index contributed by atoms with van der Waals surface area (Å²) in [6.45, 7) is 2.96. The number of likely N-dealkylation sites (N-methyl/N-ethyl adjacent to an activating group) is 1. The van der Waals surface area contributed by atoms with Gasteiger partial charge >= 0.3 is 0 Å². The molecule has 1 atom stereocenters. The largest absolute Gasteiger partial charge is 0.481 e. The molecule has 3 heterocycles. The minimum Gasteiger partial charge on any atom is -0.481 e. The number of likely N-dealkylation sites (tertiary alicyclic amines) is 1. The number of amides is 1. The lowest BCUT2D eigenvalue weighted by Crippen LogP contribution is -2.51. The van der Waals surface area contributed by atoms with E-state index in [4.69, 9.17) is 4.74 Å². The predicted octanol–water partition coefficient (Wildman–Crippen LogP) is 2.77. The number of H-pyrrole nitrogens is 1. The summed E-state index contributed by atoms with van der Waals surface area (Å²) in [6.07, 6.45) is 11.3. The van der Waals surface area contributed by atoms with Crippen LogP contribution in [0, 0.1) is 5.92 Å². The molecule has 0 radical (unpaired) electrons. The summed E-state index contributed by atoms with van der Waals surface area (Å²) < 4.78 is 5.27. The van der Waals surface area contributed by atoms with E-state index in [0.717, 1.165) is 43.6 Å². The Kier molecular flexibility index (Phi) is 7.67. The van der Waals surface area contributed by atoms with Gasteiger partial charge in [-0.1, -0.05) is 6.08 Å². The summed E-state index contributed by atoms with van der Waals surface area (Å²) in [5, 5.41) is 0. The maximum atomic E-state index is 13.0. The lowest BCUT2D eigenvalue weighted by Gasteiger charge is -2.40. The Labute approximate surface area is 201 Å². The van der Waals surface area contributed by atoms with Gasteiger partial charge in [0, 0.05) is 62.3 Å². The Morgan fingerprint density at radius 3 is 2.82 bits per heavy atom. The van der Waals surface area contributed by atoms with Crippen molar-refractivity contribution in [2.45, 2.75) is 31.7 Å². The zero-order chi connectivity index (χ0) is 24.1. The Morgan fingerprint density at radius 1 is 1.26 bits per heavy atom. The molecule has 2 aromatic rings. The van der Waals surface area contributed by atoms with Crippen molar-refractivity contribution < 1.29 is 9.53 Å². The highest BCUT2D eigenvalue weighted by Gasteiger charge is 2.33. The van der Waals surface area contributed by atoms with Gasteiger partial charge in [0.25, 0.3) is 5.56 Å². The molecule has 1 aliphatic carbocycles. The van der Waals surface area contributed by atoms with Crippen LogP contribution in [0.15, 0.2) is 47.5 Å². The molecule has 34 heavy (non-hydrogen) atoms. The first-order chi connectivity index (χ1) is 16.4. The van der Waals surface area contributed by atoms with Crippen LogP contribution in [-0.2, 0) is 4.79 Å². The maximum absolute atomic E-state index is 13.0. The van der Waals surface area contributed by atoms with Crippen LogP contribution in [0.25, 0.3) is 11.1 Å². The molecule has 1 saturated heterocycles. The van der Waals surface area contributed by atoms with E-state index in [-0.39, 0.29) is 17.5 Å². The number of carbonyl (C=O) groups is 1. The molecule has 182 valence electrons. The average molecular weight is 466 g/mol. The number of methoxy groups -OCH3 is 1. The minimum absolute atomic E-state index is 0.0458. The van der Waals surface area contributed by atoms with Crippen molar-refractivity contribution in [3.05, 3.63) is 53.1 Å². The highest BCUT2D eigenvalue weighted by atomic mass is 16.5. The first-order valence-corrected chi connectivity index (χ1v) is 12.0. The molecule has 1 saturated carbocycles. The standard InChI is InChI=1S/C26H35N5O3/c1-29(2)12-5-7-25(32)30-13-4-6-22(18-30)31(17-19-8-9-19)23-14-21(16-28-26(23)33)20-10-11-27-24(15-20)34-3/h5,7,10-11,14-16,19,22H,4,6,8-9,12-13,17-18H2,1-3H3,(H,28,33)/t22-/m1/s1. The van der Waals surface area contributed by atoms with Crippen LogP contribution >= 0.6 is 0 Å². The third-order valence-electron chi connectivity index (χ3n) is 6.50. The molecule has 0 spiro atoms. The maximum Gasteiger partial charge on any atom is 0.271 e. The summed E-state index contributed by atoms with van der Waals surface area (Å²) in [5.74, 6) is 1.18. The number of rotatable bonds is 9. The smallest absolute Gasteiger partial charge is 0.271 e. The Bertz CT molecular complexity index is 1080. The van der Waals surface area contributed by atoms with Gasteiger partial charge in [-0.25, -0.2) is 4.98 Å². The number of carbonyl (C=O) groups excluding carboxylic acids is 1. The number of aromatic nitrogens is 2. The van der Waals surface area contributed by atoms with Gasteiger partial charge in [-0.15, -0.1) is 0 Å². The molecule has 0 aromatic carbocycles. The van der Waals surface area contributed by atoms with E-state index in [9.17, 15) is 9.59 Å². The van der Waals surface area contributed by atoms with E-state index in [0.29, 0.717) is 24.0 Å². The van der Waals surface area contributed by atoms with Gasteiger partial charge < -0.3 is 24.4 Å². The molecule has 2 aromatic heterocycles. The molecule has 1 aliphatic heterocycles. The second kappa shape index (κ2) is 10.9. The number of aromatic amines is 1. The molecule has 8 heteroatoms. The van der Waals surface area contributed by atoms with Gasteiger partial charge in [-0.3, -0.25) is 9.59 Å². The van der Waals surface area contributed by atoms with Gasteiger partial charge in [0.2, 0.25) is 11.8 Å². The normalized spacial score (nSPS) is 18.5. The van der Waals surface area contributed by atoms with E-state index in [2.05, 4.69) is 14.9 Å². The molecule has 8 nitrogen and oxygen atoms in total. The molecule has 2 fully saturated rings. The van der Waals surface area contributed by atoms with Crippen molar-refractivity contribution in [2.75, 3.05) is 52.3 Å². The summed E-state index contributed by atoms with van der Waals surface area (Å²) in [6, 6.07) is 5.85. The van der Waals surface area contributed by atoms with Crippen LogP contribution in [0.4, 0.5) is 5.69 Å². The molecule has 4 rings (SSSR count). The fourth-order valence-corrected chi connectivity index (χ4v) is 4.45. The number of pyridine rings is 2. The Balaban J connectivity index is 1.58. The number of nitrogens with zero attached hydrogens (tertiary/aromatic N) is 4. The summed E-state index contributed by atoms with van der Waals surface area (Å²) in [4.78, 5) is 39.1. The van der Waals surface area contributed by atoms with E-state index < -0.39 is 0 Å². The van der Waals surface area contributed by atoms with Gasteiger partial charge in [0.15, 0.2) is 0 Å². The van der Waals surface area contributed by atoms with Crippen LogP contribution in [-0.4, -0.2) is 79.1 Å². The summed E-state index contributed by atoms with van der Waals surface area (Å²) in [7, 11) is 5.55. The molecule has 0 bridgehead atoms. The zero-order valence-electron chi connectivity index (χ0n) is 20.4. The number of ether oxygens (including phenoxy) is 1. The van der Waals surface area contributed by atoms with Gasteiger partial charge in [-0.2, -0.15) is 0 Å². The fourth-order valence-electron chi connectivity index (χ4n) is 4.45. The number of nitrogens with one attached hydrogen (secondary N) is 1. The number of anilines is 1. The van der Waals surface area contributed by atoms with Gasteiger partial charge in [0.1, 0.15) is 5.69 Å². The first-order valence-electron chi connectivity index (χ1n) is 12.0. The predicted molar refractivity (Wildman–Crippen MR) is 134 cm³/mol. The molecular weight excluding hydrogens is 430 g/mol. The quantitative estimate of drug-likeness (QED) is 0.574. The van der Waals surface area contributed by atoms with Crippen LogP contribution in [0.2, 0.25) is 0 Å². The lowest BCUT2D eigenvalue weighted by atomic mass is 10.0. The van der Waals surface area contributed by atoms with E-state index in [1.54, 1.807) is 25.6 Å². The second-order valence-corrected chi connectivity index (χ2v) is 9.53. The number of piperidine rings is 1. The molecule has 0 unspecified atom stereocenters. The Hall–Kier alpha value is -3.13. The summed E-state index contributed by atoms with van der Waals surface area (Å²) >= 11 is 0. The minimum atomic E-state index is -0.0975. The molecule has 2 aliphatic rings. The summed E-state index contributed by atoms with van der Waals surface area (Å²) in [5.41, 5.74) is 2.41. The van der Waals surface area contributed by atoms with Crippen molar-refractivity contribution >= 4 is 11.6 Å². The second-order valence-electron chi connectivity index (χ2n) is 9.53. The van der Waals surface area contributed by atoms with Gasteiger partial charge in [0.05, 0.1) is 7.11 Å². The van der Waals surface area contributed by atoms with Crippen molar-refractivity contribution in [1.29, 1.82) is 0 Å². The lowest BCUT2D eigenvalue weighted by molar-refractivity contribution is -0.127. The number of hydrogen-bond acceptors (Lipinski definition) is 6. The highest BCUT2D eigenvalue weighted by Crippen LogP contribution is 2.34. The topological polar surface area (TPSA) is 81.8 Å². The van der Waals surface area contributed by atoms with E-state index in [1.165, 1.54) is 12.8 Å². The molecular formula is C26H35N5O3. The molecule has 1 N–H and O–H groups in total. The fraction of sp³-hybridized carbons (Fsp3) is 0.500. The Morgan fingerprint density at radius 2 is 2.09 bits per heavy atom. The third kappa shape index (κ3) is 6.05. The average Bonchev–Trinajstić information content (AvgIpc) is 3.67. The molecule has 1 amide bonds.